The van der Waals surface area contributed by atoms with Crippen molar-refractivity contribution in [2.24, 2.45) is 5.92 Å². The summed E-state index contributed by atoms with van der Waals surface area (Å²) >= 11 is 0. The summed E-state index contributed by atoms with van der Waals surface area (Å²) in [5, 5.41) is 2.73. The molecule has 0 spiro atoms. The first-order valence-electron chi connectivity index (χ1n) is 10.5. The van der Waals surface area contributed by atoms with E-state index in [1.807, 2.05) is 4.90 Å². The number of hydrogen-bond acceptors (Lipinski definition) is 3. The van der Waals surface area contributed by atoms with Gasteiger partial charge in [-0.3, -0.25) is 9.59 Å². The average Bonchev–Trinajstić information content (AvgIpc) is 3.03. The van der Waals surface area contributed by atoms with Crippen LogP contribution in [0.1, 0.15) is 62.7 Å². The second-order valence-corrected chi connectivity index (χ2v) is 8.42. The Morgan fingerprint density at radius 2 is 1.79 bits per heavy atom. The summed E-state index contributed by atoms with van der Waals surface area (Å²) in [4.78, 5) is 26.6. The molecule has 1 N–H and O–H groups in total. The number of nitrogens with one attached hydrogen (secondary N) is 1. The molecule has 160 valence electrons. The summed E-state index contributed by atoms with van der Waals surface area (Å²) in [6.07, 6.45) is 3.33. The van der Waals surface area contributed by atoms with E-state index in [0.717, 1.165) is 19.3 Å². The van der Waals surface area contributed by atoms with Crippen LogP contribution in [0.15, 0.2) is 24.3 Å². The van der Waals surface area contributed by atoms with Crippen LogP contribution < -0.4 is 10.1 Å². The lowest BCUT2D eigenvalue weighted by Gasteiger charge is -2.38. The number of ether oxygens (including phenoxy) is 1. The van der Waals surface area contributed by atoms with E-state index in [1.54, 1.807) is 24.3 Å². The summed E-state index contributed by atoms with van der Waals surface area (Å²) < 4.78 is 32.1. The first-order chi connectivity index (χ1) is 13.7. The Bertz CT molecular complexity index is 713. The van der Waals surface area contributed by atoms with Crippen molar-refractivity contribution >= 4 is 11.8 Å². The number of nitrogens with zero attached hydrogens (tertiary/aromatic N) is 1. The monoisotopic (exact) mass is 408 g/mol. The van der Waals surface area contributed by atoms with Crippen molar-refractivity contribution in [2.45, 2.75) is 70.4 Å². The highest BCUT2D eigenvalue weighted by Gasteiger charge is 2.39. The Hall–Kier alpha value is -2.18. The number of benzene rings is 1. The molecule has 2 aliphatic rings. The summed E-state index contributed by atoms with van der Waals surface area (Å²) in [5.41, 5.74) is 0.437. The van der Waals surface area contributed by atoms with Crippen LogP contribution in [0.2, 0.25) is 0 Å². The fourth-order valence-corrected chi connectivity index (χ4v) is 4.39. The number of rotatable bonds is 6. The molecule has 1 aromatic rings. The number of amides is 2. The zero-order valence-electron chi connectivity index (χ0n) is 17.1. The Labute approximate surface area is 170 Å². The van der Waals surface area contributed by atoms with Crippen LogP contribution in [0.3, 0.4) is 0 Å². The van der Waals surface area contributed by atoms with Crippen LogP contribution in [0.25, 0.3) is 0 Å². The third-order valence-electron chi connectivity index (χ3n) is 6.02. The Morgan fingerprint density at radius 1 is 1.14 bits per heavy atom. The maximum atomic E-state index is 13.2. The molecule has 0 unspecified atom stereocenters. The highest BCUT2D eigenvalue weighted by molar-refractivity contribution is 5.94. The van der Waals surface area contributed by atoms with Crippen LogP contribution in [0.4, 0.5) is 8.78 Å². The van der Waals surface area contributed by atoms with Gasteiger partial charge in [0, 0.05) is 37.0 Å². The molecule has 1 heterocycles. The van der Waals surface area contributed by atoms with Crippen molar-refractivity contribution in [3.8, 4) is 5.75 Å². The largest absolute Gasteiger partial charge is 0.484 e. The molecule has 1 aromatic carbocycles. The molecule has 0 radical (unpaired) electrons. The van der Waals surface area contributed by atoms with E-state index in [0.29, 0.717) is 17.7 Å². The molecule has 0 bridgehead atoms. The summed E-state index contributed by atoms with van der Waals surface area (Å²) in [6.45, 7) is 4.35. The van der Waals surface area contributed by atoms with E-state index in [-0.39, 0.29) is 55.8 Å². The standard InChI is InChI=1S/C22H30F2N2O3/c1-15-4-3-5-16(2)26(15)20(27)14-29-19-8-6-18(7-9-19)21(28)25-13-17-10-11-22(23,24)12-17/h6-9,15-17H,3-5,10-14H2,1-2H3,(H,25,28)/t15-,16+,17-/m0/s1. The van der Waals surface area contributed by atoms with Gasteiger partial charge in [-0.15, -0.1) is 0 Å². The molecule has 0 aromatic heterocycles. The Balaban J connectivity index is 1.46. The Morgan fingerprint density at radius 3 is 2.38 bits per heavy atom. The van der Waals surface area contributed by atoms with E-state index in [9.17, 15) is 18.4 Å². The second kappa shape index (κ2) is 9.09. The van der Waals surface area contributed by atoms with Gasteiger partial charge in [0.15, 0.2) is 6.61 Å². The minimum Gasteiger partial charge on any atom is -0.484 e. The van der Waals surface area contributed by atoms with E-state index in [1.165, 1.54) is 0 Å². The molecule has 2 fully saturated rings. The molecular formula is C22H30F2N2O3. The number of carbonyl (C=O) groups is 2. The predicted molar refractivity (Wildman–Crippen MR) is 106 cm³/mol. The van der Waals surface area contributed by atoms with Crippen molar-refractivity contribution in [3.63, 3.8) is 0 Å². The molecule has 1 saturated heterocycles. The van der Waals surface area contributed by atoms with Crippen LogP contribution in [0, 0.1) is 5.92 Å². The second-order valence-electron chi connectivity index (χ2n) is 8.42. The van der Waals surface area contributed by atoms with Gasteiger partial charge >= 0.3 is 0 Å². The Kier molecular flexibility index (Phi) is 6.75. The zero-order chi connectivity index (χ0) is 21.0. The maximum Gasteiger partial charge on any atom is 0.260 e. The van der Waals surface area contributed by atoms with Crippen LogP contribution in [-0.4, -0.2) is 47.9 Å². The highest BCUT2D eigenvalue weighted by atomic mass is 19.3. The van der Waals surface area contributed by atoms with Gasteiger partial charge in [-0.1, -0.05) is 0 Å². The highest BCUT2D eigenvalue weighted by Crippen LogP contribution is 2.38. The third kappa shape index (κ3) is 5.67. The van der Waals surface area contributed by atoms with Gasteiger partial charge in [-0.25, -0.2) is 8.78 Å². The zero-order valence-corrected chi connectivity index (χ0v) is 17.1. The summed E-state index contributed by atoms with van der Waals surface area (Å²) in [6, 6.07) is 6.97. The van der Waals surface area contributed by atoms with Crippen LogP contribution in [0.5, 0.6) is 5.75 Å². The summed E-state index contributed by atoms with van der Waals surface area (Å²) in [7, 11) is 0. The van der Waals surface area contributed by atoms with Gasteiger partial charge in [0.1, 0.15) is 5.75 Å². The van der Waals surface area contributed by atoms with Crippen molar-refractivity contribution in [3.05, 3.63) is 29.8 Å². The molecule has 1 aliphatic heterocycles. The number of halogens is 2. The average molecular weight is 408 g/mol. The van der Waals surface area contributed by atoms with Crippen molar-refractivity contribution in [1.82, 2.24) is 10.2 Å². The minimum atomic E-state index is -2.60. The topological polar surface area (TPSA) is 58.6 Å². The maximum absolute atomic E-state index is 13.2. The molecule has 29 heavy (non-hydrogen) atoms. The molecule has 3 atom stereocenters. The first kappa shape index (κ1) is 21.5. The van der Waals surface area contributed by atoms with Crippen LogP contribution >= 0.6 is 0 Å². The molecule has 2 amide bonds. The molecule has 1 aliphatic carbocycles. The number of carbonyl (C=O) groups excluding carboxylic acids is 2. The fraction of sp³-hybridized carbons (Fsp3) is 0.636. The molecule has 7 heteroatoms. The molecule has 3 rings (SSSR count). The molecule has 1 saturated carbocycles. The normalized spacial score (nSPS) is 26.2. The number of likely N-dealkylation sites (tertiary alicyclic amines) is 1. The van der Waals surface area contributed by atoms with Crippen molar-refractivity contribution in [1.29, 1.82) is 0 Å². The smallest absolute Gasteiger partial charge is 0.260 e. The minimum absolute atomic E-state index is 0.0279. The number of piperidine rings is 1. The predicted octanol–water partition coefficient (Wildman–Crippen LogP) is 4.02. The van der Waals surface area contributed by atoms with Gasteiger partial charge in [-0.2, -0.15) is 0 Å². The lowest BCUT2D eigenvalue weighted by molar-refractivity contribution is -0.139. The van der Waals surface area contributed by atoms with Gasteiger partial charge in [0.05, 0.1) is 0 Å². The van der Waals surface area contributed by atoms with Gasteiger partial charge in [0.25, 0.3) is 11.8 Å². The van der Waals surface area contributed by atoms with Gasteiger partial charge in [0.2, 0.25) is 5.92 Å². The van der Waals surface area contributed by atoms with E-state index < -0.39 is 5.92 Å². The van der Waals surface area contributed by atoms with E-state index in [4.69, 9.17) is 4.74 Å². The lowest BCUT2D eigenvalue weighted by atomic mass is 9.97. The SMILES string of the molecule is C[C@@H]1CCC[C@H](C)N1C(=O)COc1ccc(C(=O)NC[C@H]2CCC(F)(F)C2)cc1. The van der Waals surface area contributed by atoms with Gasteiger partial charge < -0.3 is 15.0 Å². The van der Waals surface area contributed by atoms with Gasteiger partial charge in [-0.05, 0) is 69.7 Å². The molecule has 5 nitrogen and oxygen atoms in total. The lowest BCUT2D eigenvalue weighted by Crippen LogP contribution is -2.49. The number of alkyl halides is 2. The van der Waals surface area contributed by atoms with Crippen LogP contribution in [-0.2, 0) is 4.79 Å². The van der Waals surface area contributed by atoms with Crippen molar-refractivity contribution in [2.75, 3.05) is 13.2 Å². The quantitative estimate of drug-likeness (QED) is 0.774. The third-order valence-corrected chi connectivity index (χ3v) is 6.02. The first-order valence-corrected chi connectivity index (χ1v) is 10.5. The van der Waals surface area contributed by atoms with E-state index in [2.05, 4.69) is 19.2 Å². The summed E-state index contributed by atoms with van der Waals surface area (Å²) in [5.74, 6) is -2.58. The fourth-order valence-electron chi connectivity index (χ4n) is 4.39. The molecular weight excluding hydrogens is 378 g/mol. The number of hydrogen-bond donors (Lipinski definition) is 1. The van der Waals surface area contributed by atoms with Crippen molar-refractivity contribution < 1.29 is 23.1 Å². The van der Waals surface area contributed by atoms with E-state index >= 15 is 0 Å².